The van der Waals surface area contributed by atoms with Gasteiger partial charge in [-0.05, 0) is 17.8 Å². The lowest BCUT2D eigenvalue weighted by atomic mass is 9.85. The number of hydrogen-bond acceptors (Lipinski definition) is 3. The highest BCUT2D eigenvalue weighted by Gasteiger charge is 2.21. The van der Waals surface area contributed by atoms with Crippen LogP contribution in [0.2, 0.25) is 0 Å². The standard InChI is InChI=1S/C14H26N4O/c1-9(2)12(10(3)4)7-16-14(19)13(15)11-6-17-18(5)8-11/h6,8-10,12-13H,7,15H2,1-5H3,(H,16,19). The van der Waals surface area contributed by atoms with Gasteiger partial charge in [-0.3, -0.25) is 9.48 Å². The molecule has 108 valence electrons. The van der Waals surface area contributed by atoms with E-state index in [1.54, 1.807) is 17.1 Å². The Morgan fingerprint density at radius 3 is 2.37 bits per heavy atom. The average Bonchev–Trinajstić information content (AvgIpc) is 2.73. The molecule has 0 spiro atoms. The van der Waals surface area contributed by atoms with Crippen molar-refractivity contribution in [1.29, 1.82) is 0 Å². The summed E-state index contributed by atoms with van der Waals surface area (Å²) in [7, 11) is 1.81. The Balaban J connectivity index is 2.55. The first-order chi connectivity index (χ1) is 8.82. The number of hydrogen-bond donors (Lipinski definition) is 2. The largest absolute Gasteiger partial charge is 0.354 e. The van der Waals surface area contributed by atoms with Crippen molar-refractivity contribution in [2.24, 2.45) is 30.5 Å². The maximum atomic E-state index is 12.0. The third kappa shape index (κ3) is 4.35. The summed E-state index contributed by atoms with van der Waals surface area (Å²) < 4.78 is 1.65. The van der Waals surface area contributed by atoms with Crippen LogP contribution in [0.4, 0.5) is 0 Å². The van der Waals surface area contributed by atoms with E-state index in [1.807, 2.05) is 7.05 Å². The molecule has 0 aliphatic carbocycles. The van der Waals surface area contributed by atoms with Crippen molar-refractivity contribution in [2.75, 3.05) is 6.54 Å². The Bertz CT molecular complexity index is 403. The molecule has 0 saturated heterocycles. The quantitative estimate of drug-likeness (QED) is 0.819. The van der Waals surface area contributed by atoms with Crippen molar-refractivity contribution >= 4 is 5.91 Å². The molecule has 1 amide bonds. The molecule has 1 rings (SSSR count). The summed E-state index contributed by atoms with van der Waals surface area (Å²) in [5, 5.41) is 6.98. The summed E-state index contributed by atoms with van der Waals surface area (Å²) in [4.78, 5) is 12.0. The number of amides is 1. The van der Waals surface area contributed by atoms with Gasteiger partial charge in [-0.2, -0.15) is 5.10 Å². The van der Waals surface area contributed by atoms with Gasteiger partial charge in [0.1, 0.15) is 6.04 Å². The van der Waals surface area contributed by atoms with Crippen LogP contribution in [0.3, 0.4) is 0 Å². The fourth-order valence-electron chi connectivity index (χ4n) is 2.32. The van der Waals surface area contributed by atoms with E-state index in [4.69, 9.17) is 5.73 Å². The molecule has 0 fully saturated rings. The normalized spacial score (nSPS) is 13.3. The number of nitrogens with two attached hydrogens (primary N) is 1. The highest BCUT2D eigenvalue weighted by atomic mass is 16.2. The molecule has 5 nitrogen and oxygen atoms in total. The predicted molar refractivity (Wildman–Crippen MR) is 76.3 cm³/mol. The molecule has 0 aliphatic rings. The van der Waals surface area contributed by atoms with Crippen molar-refractivity contribution in [3.05, 3.63) is 18.0 Å². The fraction of sp³-hybridized carbons (Fsp3) is 0.714. The van der Waals surface area contributed by atoms with E-state index in [0.717, 1.165) is 5.56 Å². The molecule has 1 atom stereocenters. The maximum Gasteiger partial charge on any atom is 0.241 e. The number of nitrogens with one attached hydrogen (secondary N) is 1. The van der Waals surface area contributed by atoms with Gasteiger partial charge < -0.3 is 11.1 Å². The molecule has 0 bridgehead atoms. The molecule has 1 aromatic rings. The number of carbonyl (C=O) groups excluding carboxylic acids is 1. The molecule has 19 heavy (non-hydrogen) atoms. The Labute approximate surface area is 115 Å². The summed E-state index contributed by atoms with van der Waals surface area (Å²) in [5.74, 6) is 1.40. The van der Waals surface area contributed by atoms with E-state index in [1.165, 1.54) is 0 Å². The van der Waals surface area contributed by atoms with Crippen LogP contribution in [-0.4, -0.2) is 22.2 Å². The lowest BCUT2D eigenvalue weighted by Crippen LogP contribution is -2.39. The summed E-state index contributed by atoms with van der Waals surface area (Å²) in [5.41, 5.74) is 6.67. The lowest BCUT2D eigenvalue weighted by Gasteiger charge is -2.25. The second kappa shape index (κ2) is 6.70. The smallest absolute Gasteiger partial charge is 0.241 e. The second-order valence-electron chi connectivity index (χ2n) is 5.82. The molecule has 1 heterocycles. The zero-order valence-corrected chi connectivity index (χ0v) is 12.6. The molecular weight excluding hydrogens is 240 g/mol. The molecule has 3 N–H and O–H groups in total. The van der Waals surface area contributed by atoms with Gasteiger partial charge in [-0.1, -0.05) is 27.7 Å². The predicted octanol–water partition coefficient (Wildman–Crippen LogP) is 1.46. The molecule has 0 radical (unpaired) electrons. The van der Waals surface area contributed by atoms with Crippen LogP contribution in [0, 0.1) is 17.8 Å². The maximum absolute atomic E-state index is 12.0. The summed E-state index contributed by atoms with van der Waals surface area (Å²) >= 11 is 0. The zero-order chi connectivity index (χ0) is 14.6. The molecule has 5 heteroatoms. The minimum atomic E-state index is -0.645. The van der Waals surface area contributed by atoms with Crippen LogP contribution >= 0.6 is 0 Å². The highest BCUT2D eigenvalue weighted by Crippen LogP contribution is 2.19. The number of rotatable bonds is 6. The summed E-state index contributed by atoms with van der Waals surface area (Å²) in [6.07, 6.45) is 3.40. The van der Waals surface area contributed by atoms with E-state index < -0.39 is 6.04 Å². The third-order valence-corrected chi connectivity index (χ3v) is 3.59. The van der Waals surface area contributed by atoms with Gasteiger partial charge in [-0.15, -0.1) is 0 Å². The van der Waals surface area contributed by atoms with E-state index in [0.29, 0.717) is 24.3 Å². The average molecular weight is 266 g/mol. The van der Waals surface area contributed by atoms with Crippen LogP contribution in [0.1, 0.15) is 39.3 Å². The Morgan fingerprint density at radius 1 is 1.37 bits per heavy atom. The molecule has 1 unspecified atom stereocenters. The van der Waals surface area contributed by atoms with Gasteiger partial charge in [0.05, 0.1) is 6.20 Å². The molecule has 0 saturated carbocycles. The van der Waals surface area contributed by atoms with Crippen LogP contribution in [0.25, 0.3) is 0 Å². The topological polar surface area (TPSA) is 72.9 Å². The van der Waals surface area contributed by atoms with Crippen molar-refractivity contribution in [1.82, 2.24) is 15.1 Å². The van der Waals surface area contributed by atoms with Crippen LogP contribution in [0.15, 0.2) is 12.4 Å². The first kappa shape index (κ1) is 15.7. The first-order valence-corrected chi connectivity index (χ1v) is 6.84. The van der Waals surface area contributed by atoms with Gasteiger partial charge in [0.15, 0.2) is 0 Å². The van der Waals surface area contributed by atoms with Gasteiger partial charge >= 0.3 is 0 Å². The summed E-state index contributed by atoms with van der Waals surface area (Å²) in [6.45, 7) is 9.38. The molecule has 0 aliphatic heterocycles. The Morgan fingerprint density at radius 2 is 1.95 bits per heavy atom. The fourth-order valence-corrected chi connectivity index (χ4v) is 2.32. The monoisotopic (exact) mass is 266 g/mol. The lowest BCUT2D eigenvalue weighted by molar-refractivity contribution is -0.122. The Hall–Kier alpha value is -1.36. The number of aromatic nitrogens is 2. The van der Waals surface area contributed by atoms with Gasteiger partial charge in [-0.25, -0.2) is 0 Å². The zero-order valence-electron chi connectivity index (χ0n) is 12.6. The van der Waals surface area contributed by atoms with Crippen molar-refractivity contribution in [3.63, 3.8) is 0 Å². The second-order valence-corrected chi connectivity index (χ2v) is 5.82. The number of nitrogens with zero attached hydrogens (tertiary/aromatic N) is 2. The molecule has 0 aromatic carbocycles. The van der Waals surface area contributed by atoms with Crippen molar-refractivity contribution in [3.8, 4) is 0 Å². The van der Waals surface area contributed by atoms with Crippen LogP contribution in [0.5, 0.6) is 0 Å². The van der Waals surface area contributed by atoms with Crippen LogP contribution < -0.4 is 11.1 Å². The van der Waals surface area contributed by atoms with E-state index >= 15 is 0 Å². The SMILES string of the molecule is CC(C)C(CNC(=O)C(N)c1cnn(C)c1)C(C)C. The van der Waals surface area contributed by atoms with Gasteiger partial charge in [0.2, 0.25) is 5.91 Å². The van der Waals surface area contributed by atoms with Gasteiger partial charge in [0, 0.05) is 25.4 Å². The minimum absolute atomic E-state index is 0.140. The van der Waals surface area contributed by atoms with Crippen LogP contribution in [-0.2, 0) is 11.8 Å². The van der Waals surface area contributed by atoms with Crippen molar-refractivity contribution in [2.45, 2.75) is 33.7 Å². The Kier molecular flexibility index (Phi) is 5.54. The number of carbonyl (C=O) groups is 1. The highest BCUT2D eigenvalue weighted by molar-refractivity contribution is 5.82. The van der Waals surface area contributed by atoms with Gasteiger partial charge in [0.25, 0.3) is 0 Å². The first-order valence-electron chi connectivity index (χ1n) is 6.84. The minimum Gasteiger partial charge on any atom is -0.354 e. The third-order valence-electron chi connectivity index (χ3n) is 3.59. The van der Waals surface area contributed by atoms with E-state index in [9.17, 15) is 4.79 Å². The van der Waals surface area contributed by atoms with E-state index in [-0.39, 0.29) is 5.91 Å². The van der Waals surface area contributed by atoms with E-state index in [2.05, 4.69) is 38.1 Å². The van der Waals surface area contributed by atoms with Crippen molar-refractivity contribution < 1.29 is 4.79 Å². The molecular formula is C14H26N4O. The summed E-state index contributed by atoms with van der Waals surface area (Å²) in [6, 6.07) is -0.645. The number of aryl methyl sites for hydroxylation is 1. The molecule has 1 aromatic heterocycles.